The van der Waals surface area contributed by atoms with Gasteiger partial charge in [0.05, 0.1) is 33.1 Å². The molecule has 0 bridgehead atoms. The monoisotopic (exact) mass is 414 g/mol. The number of rotatable bonds is 11. The lowest BCUT2D eigenvalue weighted by Gasteiger charge is -2.14. The van der Waals surface area contributed by atoms with Crippen LogP contribution in [-0.2, 0) is 0 Å². The van der Waals surface area contributed by atoms with E-state index in [4.69, 9.17) is 18.9 Å². The second kappa shape index (κ2) is 11.7. The lowest BCUT2D eigenvalue weighted by Crippen LogP contribution is -2.18. The molecule has 7 heteroatoms. The summed E-state index contributed by atoms with van der Waals surface area (Å²) in [5, 5.41) is 4.03. The first-order chi connectivity index (χ1) is 14.5. The third-order valence-electron chi connectivity index (χ3n) is 4.11. The summed E-state index contributed by atoms with van der Waals surface area (Å²) >= 11 is 0. The SMILES string of the molecule is CCCCOc1ccc(/C=N/NC(=O)c2ccc(OC(C)C)c(OC)c2)cc1OC. The molecule has 2 rings (SSSR count). The highest BCUT2D eigenvalue weighted by molar-refractivity contribution is 5.95. The quantitative estimate of drug-likeness (QED) is 0.334. The number of unbranched alkanes of at least 4 members (excludes halogenated alkanes) is 1. The van der Waals surface area contributed by atoms with Crippen LogP contribution in [0.4, 0.5) is 0 Å². The van der Waals surface area contributed by atoms with Crippen molar-refractivity contribution in [1.82, 2.24) is 5.43 Å². The number of benzene rings is 2. The molecule has 2 aromatic carbocycles. The van der Waals surface area contributed by atoms with Crippen LogP contribution in [0.15, 0.2) is 41.5 Å². The van der Waals surface area contributed by atoms with Crippen LogP contribution in [0.5, 0.6) is 23.0 Å². The van der Waals surface area contributed by atoms with Gasteiger partial charge in [-0.05, 0) is 62.2 Å². The average molecular weight is 415 g/mol. The molecule has 0 unspecified atom stereocenters. The van der Waals surface area contributed by atoms with Crippen molar-refractivity contribution in [3.8, 4) is 23.0 Å². The van der Waals surface area contributed by atoms with Crippen molar-refractivity contribution in [2.24, 2.45) is 5.10 Å². The summed E-state index contributed by atoms with van der Waals surface area (Å²) in [4.78, 5) is 12.4. The molecule has 162 valence electrons. The second-order valence-corrected chi connectivity index (χ2v) is 6.84. The first kappa shape index (κ1) is 23.1. The van der Waals surface area contributed by atoms with Crippen molar-refractivity contribution in [3.63, 3.8) is 0 Å². The molecule has 0 saturated carbocycles. The molecule has 0 aliphatic rings. The second-order valence-electron chi connectivity index (χ2n) is 6.84. The Balaban J connectivity index is 2.03. The predicted molar refractivity (Wildman–Crippen MR) is 117 cm³/mol. The summed E-state index contributed by atoms with van der Waals surface area (Å²) in [5.41, 5.74) is 3.70. The molecule has 0 atom stereocenters. The van der Waals surface area contributed by atoms with Crippen molar-refractivity contribution < 1.29 is 23.7 Å². The van der Waals surface area contributed by atoms with Crippen molar-refractivity contribution in [3.05, 3.63) is 47.5 Å². The molecule has 7 nitrogen and oxygen atoms in total. The Morgan fingerprint density at radius 1 is 1.03 bits per heavy atom. The summed E-state index contributed by atoms with van der Waals surface area (Å²) < 4.78 is 22.1. The van der Waals surface area contributed by atoms with E-state index >= 15 is 0 Å². The number of nitrogens with zero attached hydrogens (tertiary/aromatic N) is 1. The minimum absolute atomic E-state index is 0.00333. The topological polar surface area (TPSA) is 78.4 Å². The number of hydrogen-bond acceptors (Lipinski definition) is 6. The molecule has 0 saturated heterocycles. The summed E-state index contributed by atoms with van der Waals surface area (Å²) in [6.07, 6.45) is 3.59. The Kier molecular flexibility index (Phi) is 9.00. The van der Waals surface area contributed by atoms with E-state index in [1.165, 1.54) is 7.11 Å². The van der Waals surface area contributed by atoms with E-state index in [2.05, 4.69) is 17.5 Å². The molecule has 0 aromatic heterocycles. The van der Waals surface area contributed by atoms with Crippen molar-refractivity contribution >= 4 is 12.1 Å². The number of methoxy groups -OCH3 is 2. The van der Waals surface area contributed by atoms with E-state index in [1.807, 2.05) is 26.0 Å². The lowest BCUT2D eigenvalue weighted by molar-refractivity contribution is 0.0954. The molecule has 1 N–H and O–H groups in total. The van der Waals surface area contributed by atoms with Crippen LogP contribution in [0.2, 0.25) is 0 Å². The van der Waals surface area contributed by atoms with Gasteiger partial charge < -0.3 is 18.9 Å². The van der Waals surface area contributed by atoms with Gasteiger partial charge in [-0.1, -0.05) is 13.3 Å². The van der Waals surface area contributed by atoms with Gasteiger partial charge in [-0.15, -0.1) is 0 Å². The highest BCUT2D eigenvalue weighted by Gasteiger charge is 2.12. The predicted octanol–water partition coefficient (Wildman–Crippen LogP) is 4.43. The maximum atomic E-state index is 12.4. The number of carbonyl (C=O) groups is 1. The minimum Gasteiger partial charge on any atom is -0.493 e. The molecule has 2 aromatic rings. The van der Waals surface area contributed by atoms with E-state index in [1.54, 1.807) is 37.6 Å². The fourth-order valence-corrected chi connectivity index (χ4v) is 2.60. The average Bonchev–Trinajstić information content (AvgIpc) is 2.74. The van der Waals surface area contributed by atoms with Crippen LogP contribution in [-0.4, -0.2) is 39.1 Å². The van der Waals surface area contributed by atoms with E-state index in [9.17, 15) is 4.79 Å². The van der Waals surface area contributed by atoms with E-state index in [-0.39, 0.29) is 12.0 Å². The molecule has 0 heterocycles. The summed E-state index contributed by atoms with van der Waals surface area (Å²) in [6.45, 7) is 6.60. The summed E-state index contributed by atoms with van der Waals surface area (Å²) in [7, 11) is 3.12. The van der Waals surface area contributed by atoms with E-state index < -0.39 is 0 Å². The van der Waals surface area contributed by atoms with Crippen molar-refractivity contribution in [2.75, 3.05) is 20.8 Å². The highest BCUT2D eigenvalue weighted by atomic mass is 16.5. The smallest absolute Gasteiger partial charge is 0.271 e. The van der Waals surface area contributed by atoms with Gasteiger partial charge in [-0.2, -0.15) is 5.10 Å². The number of hydrogen-bond donors (Lipinski definition) is 1. The van der Waals surface area contributed by atoms with Gasteiger partial charge >= 0.3 is 0 Å². The molecular weight excluding hydrogens is 384 g/mol. The van der Waals surface area contributed by atoms with Gasteiger partial charge in [0.2, 0.25) is 0 Å². The number of carbonyl (C=O) groups excluding carboxylic acids is 1. The van der Waals surface area contributed by atoms with Gasteiger partial charge in [0.15, 0.2) is 23.0 Å². The van der Waals surface area contributed by atoms with Gasteiger partial charge in [0, 0.05) is 5.56 Å². The normalized spacial score (nSPS) is 10.9. The van der Waals surface area contributed by atoms with Crippen LogP contribution in [0.25, 0.3) is 0 Å². The number of hydrazone groups is 1. The number of amides is 1. The Labute approximate surface area is 178 Å². The fourth-order valence-electron chi connectivity index (χ4n) is 2.60. The molecule has 0 aliphatic heterocycles. The molecule has 0 aliphatic carbocycles. The standard InChI is InChI=1S/C23H30N2O5/c1-6-7-12-29-19-10-8-17(13-21(19)27-4)15-24-25-23(26)18-9-11-20(30-16(2)3)22(14-18)28-5/h8-11,13-16H,6-7,12H2,1-5H3,(H,25,26)/b24-15+. The van der Waals surface area contributed by atoms with E-state index in [0.29, 0.717) is 35.2 Å². The maximum Gasteiger partial charge on any atom is 0.271 e. The zero-order chi connectivity index (χ0) is 21.9. The maximum absolute atomic E-state index is 12.4. The van der Waals surface area contributed by atoms with Gasteiger partial charge in [-0.25, -0.2) is 5.43 Å². The third kappa shape index (κ3) is 6.69. The molecule has 0 spiro atoms. The fraction of sp³-hybridized carbons (Fsp3) is 0.391. The summed E-state index contributed by atoms with van der Waals surface area (Å²) in [6, 6.07) is 10.5. The first-order valence-corrected chi connectivity index (χ1v) is 9.97. The highest BCUT2D eigenvalue weighted by Crippen LogP contribution is 2.29. The number of nitrogens with one attached hydrogen (secondary N) is 1. The van der Waals surface area contributed by atoms with E-state index in [0.717, 1.165) is 18.4 Å². The van der Waals surface area contributed by atoms with Crippen molar-refractivity contribution in [2.45, 2.75) is 39.7 Å². The van der Waals surface area contributed by atoms with Crippen LogP contribution >= 0.6 is 0 Å². The molecule has 1 amide bonds. The Morgan fingerprint density at radius 3 is 2.40 bits per heavy atom. The molecule has 0 radical (unpaired) electrons. The van der Waals surface area contributed by atoms with Gasteiger partial charge in [-0.3, -0.25) is 4.79 Å². The number of ether oxygens (including phenoxy) is 4. The van der Waals surface area contributed by atoms with Crippen LogP contribution < -0.4 is 24.4 Å². The first-order valence-electron chi connectivity index (χ1n) is 9.97. The Morgan fingerprint density at radius 2 is 1.73 bits per heavy atom. The summed E-state index contributed by atoms with van der Waals surface area (Å²) in [5.74, 6) is 2.02. The molecular formula is C23H30N2O5. The van der Waals surface area contributed by atoms with Crippen molar-refractivity contribution in [1.29, 1.82) is 0 Å². The zero-order valence-electron chi connectivity index (χ0n) is 18.2. The van der Waals surface area contributed by atoms with Crippen LogP contribution in [0.1, 0.15) is 49.5 Å². The minimum atomic E-state index is -0.355. The zero-order valence-corrected chi connectivity index (χ0v) is 18.2. The van der Waals surface area contributed by atoms with Gasteiger partial charge in [0.1, 0.15) is 0 Å². The molecule has 0 fully saturated rings. The third-order valence-corrected chi connectivity index (χ3v) is 4.11. The largest absolute Gasteiger partial charge is 0.493 e. The molecule has 30 heavy (non-hydrogen) atoms. The van der Waals surface area contributed by atoms with Crippen LogP contribution in [0, 0.1) is 0 Å². The lowest BCUT2D eigenvalue weighted by atomic mass is 10.2. The van der Waals surface area contributed by atoms with Crippen LogP contribution in [0.3, 0.4) is 0 Å². The Hall–Kier alpha value is -3.22. The van der Waals surface area contributed by atoms with Gasteiger partial charge in [0.25, 0.3) is 5.91 Å². The Bertz CT molecular complexity index is 865.